The smallest absolute Gasteiger partial charge is 0.106 e. The van der Waals surface area contributed by atoms with Crippen molar-refractivity contribution in [2.45, 2.75) is 40.2 Å². The molecule has 1 unspecified atom stereocenters. The summed E-state index contributed by atoms with van der Waals surface area (Å²) in [5, 5.41) is 4.37. The highest BCUT2D eigenvalue weighted by atomic mass is 35.5. The van der Waals surface area contributed by atoms with Gasteiger partial charge in [-0.2, -0.15) is 0 Å². The lowest BCUT2D eigenvalue weighted by Gasteiger charge is -2.20. The second kappa shape index (κ2) is 6.47. The van der Waals surface area contributed by atoms with Crippen molar-refractivity contribution in [2.24, 2.45) is 0 Å². The minimum Gasteiger partial charge on any atom is -0.466 e. The van der Waals surface area contributed by atoms with E-state index in [9.17, 15) is 0 Å². The number of hydrogen-bond donors (Lipinski definition) is 1. The molecular weight excluding hydrogens is 270 g/mol. The van der Waals surface area contributed by atoms with Crippen LogP contribution in [0.1, 0.15) is 47.6 Å². The van der Waals surface area contributed by atoms with Gasteiger partial charge in [-0.05, 0) is 57.0 Å². The van der Waals surface area contributed by atoms with E-state index in [1.807, 2.05) is 19.9 Å². The standard InChI is InChI=1S/C17H22ClNO/c1-5-8-19-17(15-10-12(3)20-13(15)4)14-7-6-11(2)9-16(14)18/h6-7,9-10,17,19H,5,8H2,1-4H3. The average molecular weight is 292 g/mol. The zero-order valence-corrected chi connectivity index (χ0v) is 13.3. The molecule has 1 aromatic carbocycles. The Balaban J connectivity index is 2.44. The van der Waals surface area contributed by atoms with Gasteiger partial charge in [0.1, 0.15) is 11.5 Å². The zero-order chi connectivity index (χ0) is 14.7. The van der Waals surface area contributed by atoms with E-state index in [4.69, 9.17) is 16.0 Å². The lowest BCUT2D eigenvalue weighted by atomic mass is 9.97. The molecule has 0 aliphatic carbocycles. The molecule has 3 heteroatoms. The van der Waals surface area contributed by atoms with Gasteiger partial charge in [0, 0.05) is 10.6 Å². The van der Waals surface area contributed by atoms with Gasteiger partial charge in [0.2, 0.25) is 0 Å². The van der Waals surface area contributed by atoms with Crippen LogP contribution in [0.5, 0.6) is 0 Å². The Labute approximate surface area is 126 Å². The summed E-state index contributed by atoms with van der Waals surface area (Å²) in [4.78, 5) is 0. The maximum Gasteiger partial charge on any atom is 0.106 e. The van der Waals surface area contributed by atoms with Crippen molar-refractivity contribution in [1.29, 1.82) is 0 Å². The maximum atomic E-state index is 6.44. The van der Waals surface area contributed by atoms with Crippen molar-refractivity contribution in [3.63, 3.8) is 0 Å². The topological polar surface area (TPSA) is 25.2 Å². The van der Waals surface area contributed by atoms with Crippen LogP contribution in [-0.2, 0) is 0 Å². The SMILES string of the molecule is CCCNC(c1ccc(C)cc1Cl)c1cc(C)oc1C. The average Bonchev–Trinajstić information content (AvgIpc) is 2.71. The zero-order valence-electron chi connectivity index (χ0n) is 12.6. The van der Waals surface area contributed by atoms with Gasteiger partial charge in [0.15, 0.2) is 0 Å². The van der Waals surface area contributed by atoms with Crippen molar-refractivity contribution < 1.29 is 4.42 Å². The fourth-order valence-corrected chi connectivity index (χ4v) is 2.82. The lowest BCUT2D eigenvalue weighted by Crippen LogP contribution is -2.23. The van der Waals surface area contributed by atoms with Gasteiger partial charge >= 0.3 is 0 Å². The van der Waals surface area contributed by atoms with Gasteiger partial charge in [0.25, 0.3) is 0 Å². The largest absolute Gasteiger partial charge is 0.466 e. The molecule has 1 N–H and O–H groups in total. The van der Waals surface area contributed by atoms with E-state index in [1.54, 1.807) is 0 Å². The van der Waals surface area contributed by atoms with Crippen LogP contribution in [-0.4, -0.2) is 6.54 Å². The van der Waals surface area contributed by atoms with E-state index in [2.05, 4.69) is 37.4 Å². The summed E-state index contributed by atoms with van der Waals surface area (Å²) < 4.78 is 5.68. The molecule has 2 rings (SSSR count). The predicted octanol–water partition coefficient (Wildman–Crippen LogP) is 4.95. The second-order valence-corrected chi connectivity index (χ2v) is 5.69. The van der Waals surface area contributed by atoms with Crippen LogP contribution in [0.25, 0.3) is 0 Å². The Morgan fingerprint density at radius 1 is 1.15 bits per heavy atom. The summed E-state index contributed by atoms with van der Waals surface area (Å²) in [5.74, 6) is 1.89. The van der Waals surface area contributed by atoms with Gasteiger partial charge in [-0.3, -0.25) is 0 Å². The molecule has 2 aromatic rings. The summed E-state index contributed by atoms with van der Waals surface area (Å²) in [5.41, 5.74) is 3.45. The Bertz CT molecular complexity index is 589. The number of furan rings is 1. The van der Waals surface area contributed by atoms with E-state index in [0.717, 1.165) is 35.1 Å². The Kier molecular flexibility index (Phi) is 4.90. The summed E-state index contributed by atoms with van der Waals surface area (Å²) in [6.45, 7) is 9.14. The molecule has 0 spiro atoms. The number of hydrogen-bond acceptors (Lipinski definition) is 2. The quantitative estimate of drug-likeness (QED) is 0.843. The summed E-state index contributed by atoms with van der Waals surface area (Å²) in [6.07, 6.45) is 1.08. The third-order valence-corrected chi connectivity index (χ3v) is 3.78. The van der Waals surface area contributed by atoms with Gasteiger partial charge in [0.05, 0.1) is 6.04 Å². The molecule has 108 valence electrons. The van der Waals surface area contributed by atoms with Crippen LogP contribution in [0.2, 0.25) is 5.02 Å². The molecule has 0 aliphatic rings. The maximum absolute atomic E-state index is 6.44. The van der Waals surface area contributed by atoms with Crippen molar-refractivity contribution in [2.75, 3.05) is 6.54 Å². The second-order valence-electron chi connectivity index (χ2n) is 5.28. The van der Waals surface area contributed by atoms with E-state index in [1.165, 1.54) is 11.1 Å². The molecule has 0 fully saturated rings. The Hall–Kier alpha value is -1.25. The minimum atomic E-state index is 0.0838. The summed E-state index contributed by atoms with van der Waals surface area (Å²) in [6, 6.07) is 8.40. The van der Waals surface area contributed by atoms with Gasteiger partial charge < -0.3 is 9.73 Å². The molecule has 1 heterocycles. The number of rotatable bonds is 5. The fraction of sp³-hybridized carbons (Fsp3) is 0.412. The lowest BCUT2D eigenvalue weighted by molar-refractivity contribution is 0.493. The fourth-order valence-electron chi connectivity index (χ4n) is 2.48. The van der Waals surface area contributed by atoms with Crippen LogP contribution in [0.3, 0.4) is 0 Å². The minimum absolute atomic E-state index is 0.0838. The molecule has 0 saturated heterocycles. The number of aryl methyl sites for hydroxylation is 3. The highest BCUT2D eigenvalue weighted by molar-refractivity contribution is 6.31. The molecule has 0 radical (unpaired) electrons. The molecule has 1 aromatic heterocycles. The van der Waals surface area contributed by atoms with Crippen LogP contribution >= 0.6 is 11.6 Å². The predicted molar refractivity (Wildman–Crippen MR) is 84.5 cm³/mol. The number of halogens is 1. The molecule has 0 bridgehead atoms. The van der Waals surface area contributed by atoms with E-state index < -0.39 is 0 Å². The molecule has 0 aliphatic heterocycles. The molecule has 0 amide bonds. The normalized spacial score (nSPS) is 12.7. The summed E-state index contributed by atoms with van der Waals surface area (Å²) >= 11 is 6.44. The third-order valence-electron chi connectivity index (χ3n) is 3.46. The molecular formula is C17H22ClNO. The molecule has 2 nitrogen and oxygen atoms in total. The van der Waals surface area contributed by atoms with E-state index in [0.29, 0.717) is 0 Å². The Morgan fingerprint density at radius 2 is 1.90 bits per heavy atom. The van der Waals surface area contributed by atoms with Crippen LogP contribution in [0, 0.1) is 20.8 Å². The van der Waals surface area contributed by atoms with Crippen LogP contribution in [0.4, 0.5) is 0 Å². The molecule has 1 atom stereocenters. The molecule has 20 heavy (non-hydrogen) atoms. The van der Waals surface area contributed by atoms with Crippen LogP contribution in [0.15, 0.2) is 28.7 Å². The van der Waals surface area contributed by atoms with Crippen molar-refractivity contribution in [1.82, 2.24) is 5.32 Å². The first-order valence-electron chi connectivity index (χ1n) is 7.09. The third kappa shape index (κ3) is 3.25. The Morgan fingerprint density at radius 3 is 2.45 bits per heavy atom. The van der Waals surface area contributed by atoms with Crippen molar-refractivity contribution in [3.05, 3.63) is 57.5 Å². The van der Waals surface area contributed by atoms with Crippen LogP contribution < -0.4 is 5.32 Å². The van der Waals surface area contributed by atoms with Crippen molar-refractivity contribution >= 4 is 11.6 Å². The summed E-state index contributed by atoms with van der Waals surface area (Å²) in [7, 11) is 0. The number of nitrogens with one attached hydrogen (secondary N) is 1. The van der Waals surface area contributed by atoms with Gasteiger partial charge in [-0.25, -0.2) is 0 Å². The van der Waals surface area contributed by atoms with Gasteiger partial charge in [-0.1, -0.05) is 30.7 Å². The number of benzene rings is 1. The first-order chi connectivity index (χ1) is 9.52. The first-order valence-corrected chi connectivity index (χ1v) is 7.47. The first kappa shape index (κ1) is 15.1. The van der Waals surface area contributed by atoms with E-state index in [-0.39, 0.29) is 6.04 Å². The highest BCUT2D eigenvalue weighted by Crippen LogP contribution is 2.32. The van der Waals surface area contributed by atoms with E-state index >= 15 is 0 Å². The van der Waals surface area contributed by atoms with Crippen molar-refractivity contribution in [3.8, 4) is 0 Å². The highest BCUT2D eigenvalue weighted by Gasteiger charge is 2.20. The monoisotopic (exact) mass is 291 g/mol. The van der Waals surface area contributed by atoms with Gasteiger partial charge in [-0.15, -0.1) is 0 Å². The molecule has 0 saturated carbocycles.